The lowest BCUT2D eigenvalue weighted by Gasteiger charge is -2.10. The third kappa shape index (κ3) is 5.24. The van der Waals surface area contributed by atoms with Gasteiger partial charge in [0.1, 0.15) is 5.82 Å². The fourth-order valence-corrected chi connectivity index (χ4v) is 2.21. The molecule has 0 unspecified atom stereocenters. The van der Waals surface area contributed by atoms with Crippen LogP contribution < -0.4 is 20.1 Å². The van der Waals surface area contributed by atoms with Crippen LogP contribution in [0.3, 0.4) is 0 Å². The highest BCUT2D eigenvalue weighted by Crippen LogP contribution is 2.27. The molecule has 2 rings (SSSR count). The summed E-state index contributed by atoms with van der Waals surface area (Å²) in [5.41, 5.74) is 1.65. The molecule has 5 nitrogen and oxygen atoms in total. The molecule has 0 aliphatic rings. The maximum absolute atomic E-state index is 12.8. The number of rotatable bonds is 8. The Labute approximate surface area is 140 Å². The molecule has 24 heavy (non-hydrogen) atoms. The maximum atomic E-state index is 12.8. The summed E-state index contributed by atoms with van der Waals surface area (Å²) >= 11 is 0. The number of hydrogen-bond acceptors (Lipinski definition) is 4. The molecule has 0 saturated heterocycles. The van der Waals surface area contributed by atoms with Gasteiger partial charge in [0.15, 0.2) is 11.5 Å². The van der Waals surface area contributed by atoms with Crippen molar-refractivity contribution in [2.24, 2.45) is 0 Å². The van der Waals surface area contributed by atoms with Gasteiger partial charge < -0.3 is 20.1 Å². The Balaban J connectivity index is 1.74. The number of anilines is 1. The van der Waals surface area contributed by atoms with Gasteiger partial charge in [-0.25, -0.2) is 4.39 Å². The van der Waals surface area contributed by atoms with E-state index in [1.165, 1.54) is 24.3 Å². The third-order valence-electron chi connectivity index (χ3n) is 3.45. The van der Waals surface area contributed by atoms with Crippen LogP contribution in [0.2, 0.25) is 0 Å². The number of halogens is 1. The summed E-state index contributed by atoms with van der Waals surface area (Å²) in [7, 11) is 3.19. The van der Waals surface area contributed by atoms with E-state index in [1.807, 2.05) is 18.2 Å². The van der Waals surface area contributed by atoms with E-state index >= 15 is 0 Å². The van der Waals surface area contributed by atoms with E-state index in [0.29, 0.717) is 23.7 Å². The predicted octanol–water partition coefficient (Wildman–Crippen LogP) is 2.61. The van der Waals surface area contributed by atoms with Gasteiger partial charge in [0.2, 0.25) is 5.91 Å². The van der Waals surface area contributed by atoms with E-state index in [1.54, 1.807) is 14.2 Å². The number of benzene rings is 2. The minimum absolute atomic E-state index is 0.172. The van der Waals surface area contributed by atoms with Crippen LogP contribution in [-0.2, 0) is 11.2 Å². The van der Waals surface area contributed by atoms with Gasteiger partial charge in [0.25, 0.3) is 0 Å². The Morgan fingerprint density at radius 1 is 1.04 bits per heavy atom. The second-order valence-corrected chi connectivity index (χ2v) is 5.17. The molecule has 6 heteroatoms. The molecular formula is C18H21FN2O3. The molecule has 0 radical (unpaired) electrons. The van der Waals surface area contributed by atoms with Crippen LogP contribution in [0.4, 0.5) is 10.1 Å². The summed E-state index contributed by atoms with van der Waals surface area (Å²) < 4.78 is 23.2. The molecule has 2 N–H and O–H groups in total. The number of amides is 1. The zero-order valence-corrected chi connectivity index (χ0v) is 13.8. The van der Waals surface area contributed by atoms with Crippen LogP contribution in [-0.4, -0.2) is 33.2 Å². The average molecular weight is 332 g/mol. The monoisotopic (exact) mass is 332 g/mol. The van der Waals surface area contributed by atoms with E-state index in [2.05, 4.69) is 10.6 Å². The second kappa shape index (κ2) is 8.88. The molecule has 0 aliphatic heterocycles. The molecule has 2 aromatic rings. The fraction of sp³-hybridized carbons (Fsp3) is 0.278. The first-order valence-electron chi connectivity index (χ1n) is 7.59. The minimum atomic E-state index is -0.332. The Hall–Kier alpha value is -2.60. The van der Waals surface area contributed by atoms with Gasteiger partial charge >= 0.3 is 0 Å². The van der Waals surface area contributed by atoms with Crippen molar-refractivity contribution in [3.63, 3.8) is 0 Å². The zero-order chi connectivity index (χ0) is 17.4. The molecular weight excluding hydrogens is 311 g/mol. The molecule has 0 bridgehead atoms. The van der Waals surface area contributed by atoms with Gasteiger partial charge in [-0.05, 0) is 54.9 Å². The predicted molar refractivity (Wildman–Crippen MR) is 91.1 cm³/mol. The van der Waals surface area contributed by atoms with Gasteiger partial charge in [0.05, 0.1) is 20.8 Å². The van der Waals surface area contributed by atoms with Crippen LogP contribution in [0.15, 0.2) is 42.5 Å². The lowest BCUT2D eigenvalue weighted by molar-refractivity contribution is -0.115. The first kappa shape index (κ1) is 17.7. The second-order valence-electron chi connectivity index (χ2n) is 5.17. The van der Waals surface area contributed by atoms with Gasteiger partial charge in [-0.2, -0.15) is 0 Å². The molecule has 0 aliphatic carbocycles. The lowest BCUT2D eigenvalue weighted by Crippen LogP contribution is -2.29. The van der Waals surface area contributed by atoms with E-state index in [4.69, 9.17) is 9.47 Å². The number of carbonyl (C=O) groups excluding carboxylic acids is 1. The molecule has 2 aromatic carbocycles. The fourth-order valence-electron chi connectivity index (χ4n) is 2.21. The molecule has 0 spiro atoms. The van der Waals surface area contributed by atoms with Crippen molar-refractivity contribution >= 4 is 11.6 Å². The van der Waals surface area contributed by atoms with Crippen molar-refractivity contribution < 1.29 is 18.7 Å². The number of hydrogen-bond donors (Lipinski definition) is 2. The normalized spacial score (nSPS) is 10.3. The Morgan fingerprint density at radius 2 is 1.75 bits per heavy atom. The molecule has 1 amide bonds. The van der Waals surface area contributed by atoms with Gasteiger partial charge in [-0.15, -0.1) is 0 Å². The number of methoxy groups -OCH3 is 2. The van der Waals surface area contributed by atoms with Crippen LogP contribution in [0, 0.1) is 5.82 Å². The molecule has 0 atom stereocenters. The van der Waals surface area contributed by atoms with E-state index in [0.717, 1.165) is 12.0 Å². The van der Waals surface area contributed by atoms with Gasteiger partial charge in [-0.3, -0.25) is 4.79 Å². The number of nitrogens with one attached hydrogen (secondary N) is 2. The Kier molecular flexibility index (Phi) is 6.57. The topological polar surface area (TPSA) is 59.6 Å². The maximum Gasteiger partial charge on any atom is 0.238 e. The van der Waals surface area contributed by atoms with Crippen molar-refractivity contribution in [1.29, 1.82) is 0 Å². The van der Waals surface area contributed by atoms with Crippen molar-refractivity contribution in [2.75, 3.05) is 32.6 Å². The molecule has 0 aromatic heterocycles. The SMILES string of the molecule is COc1ccc(CCNCC(=O)Nc2ccc(F)cc2)cc1OC. The number of ether oxygens (including phenoxy) is 2. The highest BCUT2D eigenvalue weighted by atomic mass is 19.1. The zero-order valence-electron chi connectivity index (χ0n) is 13.8. The molecule has 0 heterocycles. The van der Waals surface area contributed by atoms with Crippen molar-refractivity contribution in [1.82, 2.24) is 5.32 Å². The summed E-state index contributed by atoms with van der Waals surface area (Å²) in [6, 6.07) is 11.4. The van der Waals surface area contributed by atoms with Crippen LogP contribution in [0.25, 0.3) is 0 Å². The van der Waals surface area contributed by atoms with E-state index < -0.39 is 0 Å². The summed E-state index contributed by atoms with van der Waals surface area (Å²) in [5, 5.41) is 5.77. The standard InChI is InChI=1S/C18H21FN2O3/c1-23-16-8-3-13(11-17(16)24-2)9-10-20-12-18(22)21-15-6-4-14(19)5-7-15/h3-8,11,20H,9-10,12H2,1-2H3,(H,21,22). The van der Waals surface area contributed by atoms with E-state index in [9.17, 15) is 9.18 Å². The largest absolute Gasteiger partial charge is 0.493 e. The quantitative estimate of drug-likeness (QED) is 0.730. The smallest absolute Gasteiger partial charge is 0.238 e. The lowest BCUT2D eigenvalue weighted by atomic mass is 10.1. The van der Waals surface area contributed by atoms with Crippen molar-refractivity contribution in [3.05, 3.63) is 53.8 Å². The van der Waals surface area contributed by atoms with Gasteiger partial charge in [0, 0.05) is 5.69 Å². The summed E-state index contributed by atoms with van der Waals surface area (Å²) in [6.07, 6.45) is 0.754. The first-order valence-corrected chi connectivity index (χ1v) is 7.59. The number of carbonyl (C=O) groups is 1. The minimum Gasteiger partial charge on any atom is -0.493 e. The van der Waals surface area contributed by atoms with Crippen molar-refractivity contribution in [2.45, 2.75) is 6.42 Å². The molecule has 128 valence electrons. The van der Waals surface area contributed by atoms with Crippen LogP contribution in [0.5, 0.6) is 11.5 Å². The Morgan fingerprint density at radius 3 is 2.42 bits per heavy atom. The van der Waals surface area contributed by atoms with Crippen LogP contribution >= 0.6 is 0 Å². The highest BCUT2D eigenvalue weighted by Gasteiger charge is 2.05. The van der Waals surface area contributed by atoms with E-state index in [-0.39, 0.29) is 18.3 Å². The van der Waals surface area contributed by atoms with Gasteiger partial charge in [-0.1, -0.05) is 6.07 Å². The summed E-state index contributed by atoms with van der Waals surface area (Å²) in [5.74, 6) is 0.868. The molecule has 0 saturated carbocycles. The summed E-state index contributed by atoms with van der Waals surface area (Å²) in [6.45, 7) is 0.830. The average Bonchev–Trinajstić information content (AvgIpc) is 2.60. The summed E-state index contributed by atoms with van der Waals surface area (Å²) in [4.78, 5) is 11.8. The highest BCUT2D eigenvalue weighted by molar-refractivity contribution is 5.92. The van der Waals surface area contributed by atoms with Crippen molar-refractivity contribution in [3.8, 4) is 11.5 Å². The molecule has 0 fully saturated rings. The Bertz CT molecular complexity index is 674. The first-order chi connectivity index (χ1) is 11.6. The third-order valence-corrected chi connectivity index (χ3v) is 3.45. The van der Waals surface area contributed by atoms with Crippen LogP contribution in [0.1, 0.15) is 5.56 Å².